The molecule has 0 rings (SSSR count). The monoisotopic (exact) mass is 149 g/mol. The summed E-state index contributed by atoms with van der Waals surface area (Å²) in [5.74, 6) is -5.31. The molecule has 0 aromatic heterocycles. The summed E-state index contributed by atoms with van der Waals surface area (Å²) in [6, 6.07) is 0. The highest BCUT2D eigenvalue weighted by Gasteiger charge is 2.36. The Bertz CT molecular complexity index is 174. The third-order valence-electron chi connectivity index (χ3n) is 0.758. The van der Waals surface area contributed by atoms with Gasteiger partial charge < -0.3 is 5.73 Å². The van der Waals surface area contributed by atoms with Crippen molar-refractivity contribution in [1.82, 2.24) is 5.32 Å². The van der Waals surface area contributed by atoms with Gasteiger partial charge in [0, 0.05) is 0 Å². The quantitative estimate of drug-likeness (QED) is 0.397. The largest absolute Gasteiger partial charge is 0.337 e. The molecule has 10 heavy (non-hydrogen) atoms. The van der Waals surface area contributed by atoms with Gasteiger partial charge in [-0.2, -0.15) is 14.0 Å². The second-order valence-corrected chi connectivity index (χ2v) is 1.47. The van der Waals surface area contributed by atoms with Crippen molar-refractivity contribution in [3.63, 3.8) is 0 Å². The van der Waals surface area contributed by atoms with Crippen LogP contribution in [0.15, 0.2) is 0 Å². The number of carbonyl (C=O) groups is 1. The SMILES string of the molecule is N#CNC(=O)C(F)(F)CN. The fourth-order valence-corrected chi connectivity index (χ4v) is 0.235. The van der Waals surface area contributed by atoms with Crippen molar-refractivity contribution in [3.05, 3.63) is 0 Å². The molecule has 56 valence electrons. The minimum Gasteiger partial charge on any atom is -0.325 e. The van der Waals surface area contributed by atoms with Gasteiger partial charge in [-0.25, -0.2) is 0 Å². The van der Waals surface area contributed by atoms with Crippen molar-refractivity contribution in [1.29, 1.82) is 5.26 Å². The van der Waals surface area contributed by atoms with Crippen LogP contribution in [-0.2, 0) is 4.79 Å². The van der Waals surface area contributed by atoms with Crippen LogP contribution in [0.25, 0.3) is 0 Å². The van der Waals surface area contributed by atoms with Crippen molar-refractivity contribution in [2.45, 2.75) is 5.92 Å². The Morgan fingerprint density at radius 2 is 2.30 bits per heavy atom. The molecule has 0 unspecified atom stereocenters. The Balaban J connectivity index is 4.08. The third kappa shape index (κ3) is 1.95. The van der Waals surface area contributed by atoms with Crippen LogP contribution in [0.3, 0.4) is 0 Å². The molecule has 1 amide bonds. The number of nitriles is 1. The second-order valence-electron chi connectivity index (χ2n) is 1.47. The molecular weight excluding hydrogens is 144 g/mol. The molecule has 0 aliphatic rings. The van der Waals surface area contributed by atoms with Gasteiger partial charge in [-0.15, -0.1) is 0 Å². The lowest BCUT2D eigenvalue weighted by Gasteiger charge is -2.08. The van der Waals surface area contributed by atoms with Crippen LogP contribution in [0.5, 0.6) is 0 Å². The maximum atomic E-state index is 12.0. The van der Waals surface area contributed by atoms with Crippen LogP contribution < -0.4 is 11.1 Å². The van der Waals surface area contributed by atoms with Crippen LogP contribution in [0.2, 0.25) is 0 Å². The Morgan fingerprint density at radius 3 is 2.60 bits per heavy atom. The first-order valence-electron chi connectivity index (χ1n) is 2.32. The van der Waals surface area contributed by atoms with Gasteiger partial charge in [0.1, 0.15) is 0 Å². The maximum absolute atomic E-state index is 12.0. The summed E-state index contributed by atoms with van der Waals surface area (Å²) in [6.45, 7) is -1.10. The number of carbonyl (C=O) groups excluding carboxylic acids is 1. The lowest BCUT2D eigenvalue weighted by atomic mass is 10.3. The van der Waals surface area contributed by atoms with Crippen LogP contribution in [0, 0.1) is 11.5 Å². The van der Waals surface area contributed by atoms with E-state index in [1.54, 1.807) is 0 Å². The number of halogens is 2. The van der Waals surface area contributed by atoms with Gasteiger partial charge in [-0.05, 0) is 0 Å². The number of nitrogens with one attached hydrogen (secondary N) is 1. The van der Waals surface area contributed by atoms with Gasteiger partial charge in [0.2, 0.25) is 0 Å². The number of amides is 1. The first-order chi connectivity index (χ1) is 4.54. The summed E-state index contributed by atoms with van der Waals surface area (Å²) >= 11 is 0. The molecule has 0 aromatic carbocycles. The molecule has 0 aromatic rings. The first-order valence-corrected chi connectivity index (χ1v) is 2.32. The fourth-order valence-electron chi connectivity index (χ4n) is 0.235. The molecule has 0 bridgehead atoms. The minimum atomic E-state index is -3.64. The summed E-state index contributed by atoms with van der Waals surface area (Å²) in [7, 11) is 0. The Kier molecular flexibility index (Phi) is 2.70. The summed E-state index contributed by atoms with van der Waals surface area (Å²) < 4.78 is 24.1. The van der Waals surface area contributed by atoms with Gasteiger partial charge in [-0.1, -0.05) is 0 Å². The zero-order valence-electron chi connectivity index (χ0n) is 4.90. The first kappa shape index (κ1) is 8.78. The van der Waals surface area contributed by atoms with Crippen molar-refractivity contribution >= 4 is 5.91 Å². The zero-order chi connectivity index (χ0) is 8.20. The molecule has 0 saturated carbocycles. The third-order valence-corrected chi connectivity index (χ3v) is 0.758. The number of hydrogen-bond acceptors (Lipinski definition) is 3. The number of nitrogens with zero attached hydrogens (tertiary/aromatic N) is 1. The lowest BCUT2D eigenvalue weighted by Crippen LogP contribution is -2.43. The highest BCUT2D eigenvalue weighted by molar-refractivity contribution is 5.84. The van der Waals surface area contributed by atoms with Gasteiger partial charge >= 0.3 is 11.8 Å². The zero-order valence-corrected chi connectivity index (χ0v) is 4.90. The molecule has 0 aliphatic carbocycles. The lowest BCUT2D eigenvalue weighted by molar-refractivity contribution is -0.142. The molecular formula is C4H5F2N3O. The average Bonchev–Trinajstić information content (AvgIpc) is 1.89. The predicted octanol–water partition coefficient (Wildman–Crippen LogP) is -0.822. The van der Waals surface area contributed by atoms with Crippen LogP contribution >= 0.6 is 0 Å². The summed E-state index contributed by atoms with van der Waals surface area (Å²) in [4.78, 5) is 10.1. The molecule has 3 N–H and O–H groups in total. The average molecular weight is 149 g/mol. The Hall–Kier alpha value is -1.22. The van der Waals surface area contributed by atoms with Crippen LogP contribution in [0.4, 0.5) is 8.78 Å². The van der Waals surface area contributed by atoms with Crippen molar-refractivity contribution in [2.24, 2.45) is 5.73 Å². The van der Waals surface area contributed by atoms with Crippen molar-refractivity contribution < 1.29 is 13.6 Å². The second kappa shape index (κ2) is 3.08. The summed E-state index contributed by atoms with van der Waals surface area (Å²) in [5, 5.41) is 9.01. The Morgan fingerprint density at radius 1 is 1.80 bits per heavy atom. The van der Waals surface area contributed by atoms with Crippen molar-refractivity contribution in [2.75, 3.05) is 6.54 Å². The van der Waals surface area contributed by atoms with E-state index in [0.717, 1.165) is 6.19 Å². The van der Waals surface area contributed by atoms with E-state index in [4.69, 9.17) is 5.26 Å². The normalized spacial score (nSPS) is 10.2. The summed E-state index contributed by atoms with van der Waals surface area (Å²) in [5.41, 5.74) is 4.52. The van der Waals surface area contributed by atoms with Gasteiger partial charge in [0.05, 0.1) is 6.54 Å². The van der Waals surface area contributed by atoms with E-state index in [0.29, 0.717) is 0 Å². The highest BCUT2D eigenvalue weighted by atomic mass is 19.3. The number of nitrogens with two attached hydrogens (primary N) is 1. The van der Waals surface area contributed by atoms with E-state index in [1.165, 1.54) is 5.32 Å². The molecule has 0 fully saturated rings. The predicted molar refractivity (Wildman–Crippen MR) is 27.8 cm³/mol. The molecule has 0 radical (unpaired) electrons. The molecule has 0 aliphatic heterocycles. The van der Waals surface area contributed by atoms with E-state index in [-0.39, 0.29) is 0 Å². The van der Waals surface area contributed by atoms with E-state index in [1.807, 2.05) is 0 Å². The van der Waals surface area contributed by atoms with Crippen LogP contribution in [-0.4, -0.2) is 18.4 Å². The molecule has 0 heterocycles. The smallest absolute Gasteiger partial charge is 0.325 e. The van der Waals surface area contributed by atoms with Gasteiger partial charge in [-0.3, -0.25) is 10.1 Å². The molecule has 0 spiro atoms. The topological polar surface area (TPSA) is 78.9 Å². The van der Waals surface area contributed by atoms with E-state index < -0.39 is 18.4 Å². The van der Waals surface area contributed by atoms with Gasteiger partial charge in [0.25, 0.3) is 0 Å². The van der Waals surface area contributed by atoms with E-state index in [2.05, 4.69) is 5.73 Å². The van der Waals surface area contributed by atoms with E-state index >= 15 is 0 Å². The highest BCUT2D eigenvalue weighted by Crippen LogP contribution is 2.09. The standard InChI is InChI=1S/C4H5F2N3O/c5-4(6,1-7)3(10)9-2-8/h1,7H2,(H,9,10). The van der Waals surface area contributed by atoms with Gasteiger partial charge in [0.15, 0.2) is 6.19 Å². The number of alkyl halides is 2. The minimum absolute atomic E-state index is 1.07. The summed E-state index contributed by atoms with van der Waals surface area (Å²) in [6.07, 6.45) is 1.07. The number of rotatable bonds is 2. The molecule has 6 heteroatoms. The molecule has 0 atom stereocenters. The Labute approximate surface area is 55.6 Å². The molecule has 4 nitrogen and oxygen atoms in total. The number of hydrogen-bond donors (Lipinski definition) is 2. The maximum Gasteiger partial charge on any atom is 0.337 e. The molecule has 0 saturated heterocycles. The van der Waals surface area contributed by atoms with Crippen molar-refractivity contribution in [3.8, 4) is 6.19 Å². The fraction of sp³-hybridized carbons (Fsp3) is 0.500. The van der Waals surface area contributed by atoms with E-state index in [9.17, 15) is 13.6 Å². The van der Waals surface area contributed by atoms with Crippen LogP contribution in [0.1, 0.15) is 0 Å².